The third-order valence-electron chi connectivity index (χ3n) is 6.04. The van der Waals surface area contributed by atoms with Gasteiger partial charge in [-0.25, -0.2) is 9.37 Å². The predicted octanol–water partition coefficient (Wildman–Crippen LogP) is 3.20. The van der Waals surface area contributed by atoms with Crippen molar-refractivity contribution in [2.45, 2.75) is 32.0 Å². The van der Waals surface area contributed by atoms with Crippen molar-refractivity contribution in [3.8, 4) is 5.69 Å². The fourth-order valence-electron chi connectivity index (χ4n) is 4.28. The van der Waals surface area contributed by atoms with E-state index in [9.17, 15) is 14.3 Å². The lowest BCUT2D eigenvalue weighted by atomic mass is 10.1. The molecule has 8 heteroatoms. The normalized spacial score (nSPS) is 18.5. The molecule has 33 heavy (non-hydrogen) atoms. The van der Waals surface area contributed by atoms with E-state index in [-0.39, 0.29) is 17.6 Å². The van der Waals surface area contributed by atoms with Crippen LogP contribution in [0.15, 0.2) is 61.2 Å². The number of aliphatic hydroxyl groups is 1. The smallest absolute Gasteiger partial charge is 0.253 e. The quantitative estimate of drug-likeness (QED) is 0.491. The summed E-state index contributed by atoms with van der Waals surface area (Å²) in [6.45, 7) is 3.07. The van der Waals surface area contributed by atoms with Gasteiger partial charge in [0.2, 0.25) is 0 Å². The number of hydrogen-bond acceptors (Lipinski definition) is 4. The van der Waals surface area contributed by atoms with E-state index in [2.05, 4.69) is 10.3 Å². The molecule has 7 nitrogen and oxygen atoms in total. The van der Waals surface area contributed by atoms with Crippen LogP contribution in [-0.2, 0) is 11.3 Å². The van der Waals surface area contributed by atoms with Crippen LogP contribution in [0.4, 0.5) is 4.39 Å². The van der Waals surface area contributed by atoms with Crippen molar-refractivity contribution in [1.82, 2.24) is 19.4 Å². The minimum atomic E-state index is -0.779. The van der Waals surface area contributed by atoms with Crippen LogP contribution in [0.3, 0.4) is 0 Å². The lowest BCUT2D eigenvalue weighted by Crippen LogP contribution is -2.48. The Labute approximate surface area is 190 Å². The van der Waals surface area contributed by atoms with Crippen molar-refractivity contribution >= 4 is 16.8 Å². The summed E-state index contributed by atoms with van der Waals surface area (Å²) in [4.78, 5) is 17.3. The van der Waals surface area contributed by atoms with Crippen molar-refractivity contribution < 1.29 is 19.0 Å². The van der Waals surface area contributed by atoms with E-state index in [0.29, 0.717) is 25.1 Å². The van der Waals surface area contributed by atoms with Gasteiger partial charge in [0.1, 0.15) is 5.82 Å². The molecular formula is C25H25FN4O3. The highest BCUT2D eigenvalue weighted by Gasteiger charge is 2.27. The summed E-state index contributed by atoms with van der Waals surface area (Å²) in [6, 6.07) is 12.4. The summed E-state index contributed by atoms with van der Waals surface area (Å²) in [5.74, 6) is -0.852. The lowest BCUT2D eigenvalue weighted by Gasteiger charge is -2.28. The van der Waals surface area contributed by atoms with Gasteiger partial charge in [-0.05, 0) is 43.2 Å². The maximum Gasteiger partial charge on any atom is 0.253 e. The maximum atomic E-state index is 14.8. The molecule has 2 aromatic carbocycles. The van der Waals surface area contributed by atoms with E-state index in [1.165, 1.54) is 6.07 Å². The number of hydrogen-bond donors (Lipinski definition) is 2. The number of imidazole rings is 1. The number of ether oxygens (including phenoxy) is 1. The Morgan fingerprint density at radius 1 is 1.24 bits per heavy atom. The molecule has 1 aliphatic heterocycles. The van der Waals surface area contributed by atoms with Crippen molar-refractivity contribution in [2.75, 3.05) is 13.2 Å². The molecule has 3 heterocycles. The van der Waals surface area contributed by atoms with Crippen LogP contribution in [0.1, 0.15) is 28.0 Å². The predicted molar refractivity (Wildman–Crippen MR) is 122 cm³/mol. The van der Waals surface area contributed by atoms with Gasteiger partial charge >= 0.3 is 0 Å². The van der Waals surface area contributed by atoms with Crippen LogP contribution in [0.25, 0.3) is 16.6 Å². The van der Waals surface area contributed by atoms with Crippen LogP contribution in [0.5, 0.6) is 0 Å². The van der Waals surface area contributed by atoms with Gasteiger partial charge in [-0.3, -0.25) is 4.79 Å². The molecule has 4 aromatic rings. The van der Waals surface area contributed by atoms with E-state index in [1.54, 1.807) is 24.7 Å². The second-order valence-corrected chi connectivity index (χ2v) is 8.40. The second-order valence-electron chi connectivity index (χ2n) is 8.40. The Hall–Kier alpha value is -3.49. The van der Waals surface area contributed by atoms with E-state index in [4.69, 9.17) is 4.74 Å². The number of halogens is 1. The standard InChI is InChI=1S/C25H25FN4O3/c1-16-11-30(15-27-16)18-7-5-17(6-8-18)12-29-13-19(24-20(26)3-2-4-22(24)29)25(32)28-21-9-10-33-14-23(21)31/h2-8,11,13,15,21,23,31H,9-10,12,14H2,1H3,(H,28,32)/t21?,23-/m0/s1. The molecular weight excluding hydrogens is 423 g/mol. The number of aliphatic hydroxyl groups excluding tert-OH is 1. The molecule has 1 aliphatic rings. The van der Waals surface area contributed by atoms with Gasteiger partial charge in [0, 0.05) is 36.6 Å². The zero-order valence-corrected chi connectivity index (χ0v) is 18.2. The first-order valence-electron chi connectivity index (χ1n) is 10.9. The summed E-state index contributed by atoms with van der Waals surface area (Å²) < 4.78 is 23.8. The first kappa shape index (κ1) is 21.4. The Kier molecular flexibility index (Phi) is 5.70. The molecule has 2 aromatic heterocycles. The number of nitrogens with one attached hydrogen (secondary N) is 1. The third kappa shape index (κ3) is 4.27. The van der Waals surface area contributed by atoms with Gasteiger partial charge in [0.05, 0.1) is 41.9 Å². The summed E-state index contributed by atoms with van der Waals surface area (Å²) in [5, 5.41) is 13.2. The minimum Gasteiger partial charge on any atom is -0.389 e. The molecule has 0 aliphatic carbocycles. The molecule has 0 saturated carbocycles. The molecule has 2 N–H and O–H groups in total. The Morgan fingerprint density at radius 3 is 2.79 bits per heavy atom. The molecule has 1 fully saturated rings. The van der Waals surface area contributed by atoms with Gasteiger partial charge in [-0.1, -0.05) is 18.2 Å². The number of carbonyl (C=O) groups is 1. The largest absolute Gasteiger partial charge is 0.389 e. The van der Waals surface area contributed by atoms with Gasteiger partial charge in [0.15, 0.2) is 0 Å². The summed E-state index contributed by atoms with van der Waals surface area (Å²) in [5.41, 5.74) is 3.86. The lowest BCUT2D eigenvalue weighted by molar-refractivity contribution is -0.0260. The molecule has 0 bridgehead atoms. The van der Waals surface area contributed by atoms with Gasteiger partial charge in [-0.2, -0.15) is 0 Å². The van der Waals surface area contributed by atoms with Crippen LogP contribution in [-0.4, -0.2) is 50.5 Å². The number of amides is 1. The number of aryl methyl sites for hydroxylation is 1. The maximum absolute atomic E-state index is 14.8. The summed E-state index contributed by atoms with van der Waals surface area (Å²) in [6.07, 6.45) is 5.14. The van der Waals surface area contributed by atoms with E-state index < -0.39 is 23.9 Å². The third-order valence-corrected chi connectivity index (χ3v) is 6.04. The number of fused-ring (bicyclic) bond motifs is 1. The van der Waals surface area contributed by atoms with Crippen LogP contribution >= 0.6 is 0 Å². The van der Waals surface area contributed by atoms with E-state index in [0.717, 1.165) is 16.9 Å². The highest BCUT2D eigenvalue weighted by Crippen LogP contribution is 2.26. The molecule has 1 saturated heterocycles. The average Bonchev–Trinajstić information content (AvgIpc) is 3.41. The summed E-state index contributed by atoms with van der Waals surface area (Å²) >= 11 is 0. The Bertz CT molecular complexity index is 1290. The Balaban J connectivity index is 1.43. The zero-order valence-electron chi connectivity index (χ0n) is 18.2. The van der Waals surface area contributed by atoms with Gasteiger partial charge in [-0.15, -0.1) is 0 Å². The van der Waals surface area contributed by atoms with E-state index in [1.807, 2.05) is 46.5 Å². The highest BCUT2D eigenvalue weighted by atomic mass is 19.1. The number of carbonyl (C=O) groups excluding carboxylic acids is 1. The second kappa shape index (κ2) is 8.80. The van der Waals surface area contributed by atoms with E-state index >= 15 is 0 Å². The van der Waals surface area contributed by atoms with Crippen LogP contribution in [0.2, 0.25) is 0 Å². The number of nitrogens with zero attached hydrogens (tertiary/aromatic N) is 3. The van der Waals surface area contributed by atoms with Crippen molar-refractivity contribution in [2.24, 2.45) is 0 Å². The SMILES string of the molecule is Cc1cn(-c2ccc(Cn3cc(C(=O)NC4CCOC[C@@H]4O)c4c(F)cccc43)cc2)cn1. The molecule has 0 spiro atoms. The first-order chi connectivity index (χ1) is 16.0. The fraction of sp³-hybridized carbons (Fsp3) is 0.280. The number of aromatic nitrogens is 3. The van der Waals surface area contributed by atoms with Gasteiger partial charge in [0.25, 0.3) is 5.91 Å². The molecule has 5 rings (SSSR count). The van der Waals surface area contributed by atoms with Crippen LogP contribution in [0, 0.1) is 12.7 Å². The summed E-state index contributed by atoms with van der Waals surface area (Å²) in [7, 11) is 0. The molecule has 0 radical (unpaired) electrons. The topological polar surface area (TPSA) is 81.3 Å². The van der Waals surface area contributed by atoms with Crippen molar-refractivity contribution in [1.29, 1.82) is 0 Å². The number of benzene rings is 2. The van der Waals surface area contributed by atoms with Gasteiger partial charge < -0.3 is 24.3 Å². The minimum absolute atomic E-state index is 0.176. The molecule has 170 valence electrons. The number of rotatable bonds is 5. The highest BCUT2D eigenvalue weighted by molar-refractivity contribution is 6.07. The monoisotopic (exact) mass is 448 g/mol. The van der Waals surface area contributed by atoms with Crippen LogP contribution < -0.4 is 5.32 Å². The van der Waals surface area contributed by atoms with Crippen molar-refractivity contribution in [3.63, 3.8) is 0 Å². The molecule has 1 amide bonds. The first-order valence-corrected chi connectivity index (χ1v) is 10.9. The fourth-order valence-corrected chi connectivity index (χ4v) is 4.28. The van der Waals surface area contributed by atoms with Crippen molar-refractivity contribution in [3.05, 3.63) is 83.8 Å². The average molecular weight is 448 g/mol. The Morgan fingerprint density at radius 2 is 2.06 bits per heavy atom. The zero-order chi connectivity index (χ0) is 22.9. The molecule has 1 unspecified atom stereocenters. The molecule has 2 atom stereocenters.